The van der Waals surface area contributed by atoms with Gasteiger partial charge in [0.2, 0.25) is 0 Å². The van der Waals surface area contributed by atoms with Crippen LogP contribution in [0.25, 0.3) is 0 Å². The molecule has 0 radical (unpaired) electrons. The van der Waals surface area contributed by atoms with Gasteiger partial charge in [0.05, 0.1) is 16.9 Å². The Labute approximate surface area is 236 Å². The minimum atomic E-state index is -4.58. The van der Waals surface area contributed by atoms with E-state index in [-0.39, 0.29) is 22.9 Å². The van der Waals surface area contributed by atoms with Gasteiger partial charge in [-0.05, 0) is 84.6 Å². The monoisotopic (exact) mass is 579 g/mol. The standard InChI is InChI=1S/C31H22F5N3O3/c1-37-29(41)19-5-3-16-2-4-18-12-21(10-11-22(18)28(40)23(16)13-19)38-26-15-27(25(33)14-24(26)32)39-30(42)17-6-8-20(9-7-17)31(34,35)36/h3,5-15,38H,2,4H2,1H3,(H,37,41)(H,39,42). The lowest BCUT2D eigenvalue weighted by molar-refractivity contribution is -0.137. The van der Waals surface area contributed by atoms with Gasteiger partial charge in [0, 0.05) is 41.1 Å². The highest BCUT2D eigenvalue weighted by molar-refractivity contribution is 6.12. The number of nitrogens with one attached hydrogen (secondary N) is 3. The van der Waals surface area contributed by atoms with E-state index in [1.807, 2.05) is 0 Å². The second-order valence-electron chi connectivity index (χ2n) is 9.62. The number of benzene rings is 4. The Balaban J connectivity index is 1.37. The van der Waals surface area contributed by atoms with Crippen molar-refractivity contribution in [3.8, 4) is 0 Å². The Bertz CT molecular complexity index is 1730. The molecule has 42 heavy (non-hydrogen) atoms. The fourth-order valence-corrected chi connectivity index (χ4v) is 4.71. The molecule has 0 spiro atoms. The Morgan fingerprint density at radius 1 is 0.714 bits per heavy atom. The summed E-state index contributed by atoms with van der Waals surface area (Å²) < 4.78 is 67.6. The number of hydrogen-bond acceptors (Lipinski definition) is 4. The molecule has 11 heteroatoms. The molecule has 0 fully saturated rings. The number of rotatable bonds is 5. The zero-order valence-electron chi connectivity index (χ0n) is 22.0. The first-order chi connectivity index (χ1) is 19.9. The molecule has 2 amide bonds. The summed E-state index contributed by atoms with van der Waals surface area (Å²) in [5, 5.41) is 7.62. The molecule has 0 aliphatic heterocycles. The molecular formula is C31H22F5N3O3. The second-order valence-corrected chi connectivity index (χ2v) is 9.62. The first kappa shape index (κ1) is 28.5. The highest BCUT2D eigenvalue weighted by Crippen LogP contribution is 2.32. The van der Waals surface area contributed by atoms with Gasteiger partial charge in [0.15, 0.2) is 5.78 Å². The maximum Gasteiger partial charge on any atom is 0.416 e. The van der Waals surface area contributed by atoms with Crippen LogP contribution >= 0.6 is 0 Å². The average Bonchev–Trinajstić information content (AvgIpc) is 3.10. The summed E-state index contributed by atoms with van der Waals surface area (Å²) in [6.07, 6.45) is -3.57. The minimum absolute atomic E-state index is 0.153. The van der Waals surface area contributed by atoms with E-state index in [1.165, 1.54) is 7.05 Å². The summed E-state index contributed by atoms with van der Waals surface area (Å²) in [6, 6.07) is 14.7. The van der Waals surface area contributed by atoms with Gasteiger partial charge in [0.1, 0.15) is 11.6 Å². The smallest absolute Gasteiger partial charge is 0.355 e. The van der Waals surface area contributed by atoms with Crippen LogP contribution in [0.3, 0.4) is 0 Å². The topological polar surface area (TPSA) is 87.3 Å². The molecule has 0 bridgehead atoms. The average molecular weight is 580 g/mol. The lowest BCUT2D eigenvalue weighted by Gasteiger charge is -2.14. The van der Waals surface area contributed by atoms with Crippen molar-refractivity contribution in [2.75, 3.05) is 17.7 Å². The van der Waals surface area contributed by atoms with Gasteiger partial charge >= 0.3 is 6.18 Å². The van der Waals surface area contributed by atoms with E-state index in [2.05, 4.69) is 16.0 Å². The normalized spacial score (nSPS) is 12.6. The molecule has 0 aromatic heterocycles. The number of alkyl halides is 3. The van der Waals surface area contributed by atoms with Crippen molar-refractivity contribution in [1.29, 1.82) is 0 Å². The zero-order valence-corrected chi connectivity index (χ0v) is 22.0. The predicted molar refractivity (Wildman–Crippen MR) is 146 cm³/mol. The van der Waals surface area contributed by atoms with Gasteiger partial charge in [-0.15, -0.1) is 0 Å². The molecule has 3 N–H and O–H groups in total. The number of anilines is 3. The number of ketones is 1. The van der Waals surface area contributed by atoms with Crippen molar-refractivity contribution in [2.24, 2.45) is 0 Å². The fraction of sp³-hybridized carbons (Fsp3) is 0.129. The SMILES string of the molecule is CNC(=O)c1ccc2c(c1)C(=O)c1ccc(Nc3cc(NC(=O)c4ccc(C(F)(F)F)cc4)c(F)cc3F)cc1CC2. The molecule has 0 heterocycles. The molecule has 214 valence electrons. The highest BCUT2D eigenvalue weighted by Gasteiger charge is 2.30. The predicted octanol–water partition coefficient (Wildman–Crippen LogP) is 6.67. The number of amides is 2. The number of carbonyl (C=O) groups excluding carboxylic acids is 3. The molecule has 5 rings (SSSR count). The Morgan fingerprint density at radius 3 is 2.07 bits per heavy atom. The summed E-state index contributed by atoms with van der Waals surface area (Å²) in [4.78, 5) is 37.9. The van der Waals surface area contributed by atoms with Gasteiger partial charge in [-0.3, -0.25) is 14.4 Å². The van der Waals surface area contributed by atoms with Crippen LogP contribution in [0.5, 0.6) is 0 Å². The van der Waals surface area contributed by atoms with Crippen LogP contribution in [0.15, 0.2) is 72.8 Å². The van der Waals surface area contributed by atoms with Crippen LogP contribution in [0.4, 0.5) is 39.0 Å². The van der Waals surface area contributed by atoms with Crippen molar-refractivity contribution in [3.63, 3.8) is 0 Å². The van der Waals surface area contributed by atoms with Crippen molar-refractivity contribution >= 4 is 34.7 Å². The zero-order chi connectivity index (χ0) is 30.2. The van der Waals surface area contributed by atoms with Crippen molar-refractivity contribution in [3.05, 3.63) is 123 Å². The molecule has 4 aromatic carbocycles. The van der Waals surface area contributed by atoms with Gasteiger partial charge in [0.25, 0.3) is 11.8 Å². The third-order valence-electron chi connectivity index (χ3n) is 6.92. The summed E-state index contributed by atoms with van der Waals surface area (Å²) >= 11 is 0. The second kappa shape index (κ2) is 11.1. The molecular weight excluding hydrogens is 557 g/mol. The first-order valence-electron chi connectivity index (χ1n) is 12.7. The van der Waals surface area contributed by atoms with Gasteiger partial charge in [-0.1, -0.05) is 6.07 Å². The van der Waals surface area contributed by atoms with Crippen LogP contribution in [-0.4, -0.2) is 24.6 Å². The Kier molecular flexibility index (Phi) is 7.51. The van der Waals surface area contributed by atoms with Crippen LogP contribution < -0.4 is 16.0 Å². The maximum atomic E-state index is 14.7. The molecule has 1 aliphatic rings. The van der Waals surface area contributed by atoms with Crippen LogP contribution in [-0.2, 0) is 19.0 Å². The Hall–Kier alpha value is -5.06. The van der Waals surface area contributed by atoms with Crippen LogP contribution in [0.2, 0.25) is 0 Å². The van der Waals surface area contributed by atoms with E-state index < -0.39 is 35.0 Å². The van der Waals surface area contributed by atoms with E-state index in [9.17, 15) is 36.3 Å². The largest absolute Gasteiger partial charge is 0.416 e. The molecule has 1 aliphatic carbocycles. The maximum absolute atomic E-state index is 14.7. The van der Waals surface area contributed by atoms with E-state index >= 15 is 0 Å². The lowest BCUT2D eigenvalue weighted by Crippen LogP contribution is -2.18. The summed E-state index contributed by atoms with van der Waals surface area (Å²) in [5.74, 6) is -3.50. The van der Waals surface area contributed by atoms with E-state index in [1.54, 1.807) is 36.4 Å². The molecule has 6 nitrogen and oxygen atoms in total. The molecule has 0 unspecified atom stereocenters. The van der Waals surface area contributed by atoms with E-state index in [0.29, 0.717) is 46.8 Å². The van der Waals surface area contributed by atoms with Crippen molar-refractivity contribution < 1.29 is 36.3 Å². The Morgan fingerprint density at radius 2 is 1.38 bits per heavy atom. The highest BCUT2D eigenvalue weighted by atomic mass is 19.4. The summed E-state index contributed by atoms with van der Waals surface area (Å²) in [7, 11) is 1.50. The van der Waals surface area contributed by atoms with E-state index in [4.69, 9.17) is 0 Å². The van der Waals surface area contributed by atoms with Crippen molar-refractivity contribution in [1.82, 2.24) is 5.32 Å². The van der Waals surface area contributed by atoms with Crippen LogP contribution in [0.1, 0.15) is 53.3 Å². The van der Waals surface area contributed by atoms with Crippen LogP contribution in [0, 0.1) is 11.6 Å². The third-order valence-corrected chi connectivity index (χ3v) is 6.92. The first-order valence-corrected chi connectivity index (χ1v) is 12.7. The number of hydrogen-bond donors (Lipinski definition) is 3. The number of fused-ring (bicyclic) bond motifs is 2. The minimum Gasteiger partial charge on any atom is -0.355 e. The summed E-state index contributed by atoms with van der Waals surface area (Å²) in [5.41, 5.74) is 1.40. The lowest BCUT2D eigenvalue weighted by atomic mass is 9.96. The molecule has 0 atom stereocenters. The fourth-order valence-electron chi connectivity index (χ4n) is 4.71. The quantitative estimate of drug-likeness (QED) is 0.231. The molecule has 0 saturated heterocycles. The third kappa shape index (κ3) is 5.71. The number of halogens is 5. The van der Waals surface area contributed by atoms with E-state index in [0.717, 1.165) is 35.9 Å². The van der Waals surface area contributed by atoms with Gasteiger partial charge < -0.3 is 16.0 Å². The van der Waals surface area contributed by atoms with Crippen molar-refractivity contribution in [2.45, 2.75) is 19.0 Å². The molecule has 0 saturated carbocycles. The number of aryl methyl sites for hydroxylation is 2. The molecule has 4 aromatic rings. The van der Waals surface area contributed by atoms with Gasteiger partial charge in [-0.25, -0.2) is 8.78 Å². The van der Waals surface area contributed by atoms with Gasteiger partial charge in [-0.2, -0.15) is 13.2 Å². The summed E-state index contributed by atoms with van der Waals surface area (Å²) in [6.45, 7) is 0. The number of carbonyl (C=O) groups is 3.